The summed E-state index contributed by atoms with van der Waals surface area (Å²) < 4.78 is 18.1. The van der Waals surface area contributed by atoms with Gasteiger partial charge in [-0.3, -0.25) is 4.79 Å². The summed E-state index contributed by atoms with van der Waals surface area (Å²) in [5.41, 5.74) is -0.251. The van der Waals surface area contributed by atoms with Crippen molar-refractivity contribution in [1.29, 1.82) is 5.26 Å². The average Bonchev–Trinajstić information content (AvgIpc) is 2.90. The normalized spacial score (nSPS) is 35.5. The van der Waals surface area contributed by atoms with Crippen LogP contribution in [0.4, 0.5) is 0 Å². The summed E-state index contributed by atoms with van der Waals surface area (Å²) in [7, 11) is 1.41. The van der Waals surface area contributed by atoms with E-state index in [1.807, 2.05) is 6.92 Å². The monoisotopic (exact) mass is 421 g/mol. The molecule has 6 heteroatoms. The fourth-order valence-electron chi connectivity index (χ4n) is 3.44. The molecule has 0 aliphatic carbocycles. The summed E-state index contributed by atoms with van der Waals surface area (Å²) in [6, 6.07) is 2.29. The molecule has 0 bridgehead atoms. The van der Waals surface area contributed by atoms with Gasteiger partial charge in [0.15, 0.2) is 0 Å². The molecule has 2 rings (SSSR count). The first-order valence-corrected chi connectivity index (χ1v) is 9.41. The summed E-state index contributed by atoms with van der Waals surface area (Å²) in [6.07, 6.45) is 4.92. The van der Waals surface area contributed by atoms with Gasteiger partial charge >= 0.3 is 5.97 Å². The molecular formula is C16H24INO4. The maximum atomic E-state index is 11.3. The minimum Gasteiger partial charge on any atom is -0.469 e. The molecule has 0 saturated carbocycles. The zero-order valence-electron chi connectivity index (χ0n) is 13.2. The highest BCUT2D eigenvalue weighted by Gasteiger charge is 2.52. The van der Waals surface area contributed by atoms with Gasteiger partial charge in [-0.15, -0.1) is 0 Å². The quantitative estimate of drug-likeness (QED) is 0.375. The van der Waals surface area contributed by atoms with Crippen molar-refractivity contribution in [3.63, 3.8) is 0 Å². The number of carbonyl (C=O) groups excluding carboxylic acids is 1. The van der Waals surface area contributed by atoms with Gasteiger partial charge < -0.3 is 14.2 Å². The van der Waals surface area contributed by atoms with Crippen LogP contribution in [0.5, 0.6) is 0 Å². The van der Waals surface area contributed by atoms with Gasteiger partial charge in [-0.1, -0.05) is 22.6 Å². The number of carbonyl (C=O) groups is 1. The van der Waals surface area contributed by atoms with Gasteiger partial charge in [0.2, 0.25) is 0 Å². The zero-order chi connectivity index (χ0) is 16.2. The summed E-state index contributed by atoms with van der Waals surface area (Å²) in [4.78, 5) is 11.3. The van der Waals surface area contributed by atoms with Gasteiger partial charge in [-0.2, -0.15) is 5.26 Å². The first-order chi connectivity index (χ1) is 10.5. The van der Waals surface area contributed by atoms with Crippen molar-refractivity contribution in [1.82, 2.24) is 0 Å². The summed E-state index contributed by atoms with van der Waals surface area (Å²) in [5.74, 6) is -0.172. The molecule has 2 fully saturated rings. The van der Waals surface area contributed by atoms with Crippen LogP contribution in [-0.4, -0.2) is 41.4 Å². The van der Waals surface area contributed by atoms with Gasteiger partial charge in [0.1, 0.15) is 5.60 Å². The van der Waals surface area contributed by atoms with Crippen molar-refractivity contribution in [3.8, 4) is 6.07 Å². The molecule has 0 N–H and O–H groups in total. The minimum atomic E-state index is -0.251. The Labute approximate surface area is 145 Å². The van der Waals surface area contributed by atoms with Crippen LogP contribution < -0.4 is 0 Å². The fraction of sp³-hybridized carbons (Fsp3) is 0.875. The number of halogens is 1. The predicted molar refractivity (Wildman–Crippen MR) is 89.6 cm³/mol. The molecule has 0 aromatic carbocycles. The molecule has 2 aliphatic rings. The summed E-state index contributed by atoms with van der Waals surface area (Å²) in [5, 5.41) is 8.99. The first kappa shape index (κ1) is 18.0. The van der Waals surface area contributed by atoms with Crippen LogP contribution >= 0.6 is 22.6 Å². The van der Waals surface area contributed by atoms with Crippen molar-refractivity contribution in [3.05, 3.63) is 0 Å². The van der Waals surface area contributed by atoms with E-state index in [1.165, 1.54) is 7.11 Å². The average molecular weight is 421 g/mol. The maximum absolute atomic E-state index is 11.3. The number of rotatable bonds is 6. The SMILES string of the molecule is COC(=O)CC[C@H]1CC2(CI)OC(C[C@@H](C)C#N)CCC2O1. The van der Waals surface area contributed by atoms with Gasteiger partial charge in [-0.25, -0.2) is 0 Å². The van der Waals surface area contributed by atoms with Crippen LogP contribution in [0.25, 0.3) is 0 Å². The third-order valence-electron chi connectivity index (χ3n) is 4.63. The van der Waals surface area contributed by atoms with Crippen molar-refractivity contribution in [2.45, 2.75) is 69.4 Å². The molecule has 22 heavy (non-hydrogen) atoms. The Hall–Kier alpha value is -0.390. The topological polar surface area (TPSA) is 68.5 Å². The third-order valence-corrected chi connectivity index (χ3v) is 5.92. The number of nitriles is 1. The standard InChI is InChI=1S/C16H24INO4/c1-11(9-18)7-12-3-5-14-16(10-17,22-12)8-13(21-14)4-6-15(19)20-2/h11-14H,3-8,10H2,1-2H3/t11-,12?,13+,14?,16?/m1/s1. The molecule has 0 spiro atoms. The van der Waals surface area contributed by atoms with E-state index in [-0.39, 0.29) is 35.8 Å². The van der Waals surface area contributed by atoms with Crippen LogP contribution in [0.2, 0.25) is 0 Å². The predicted octanol–water partition coefficient (Wildman–Crippen LogP) is 3.00. The Morgan fingerprint density at radius 3 is 2.91 bits per heavy atom. The van der Waals surface area contributed by atoms with Gasteiger partial charge in [0, 0.05) is 23.2 Å². The maximum Gasteiger partial charge on any atom is 0.305 e. The summed E-state index contributed by atoms with van der Waals surface area (Å²) >= 11 is 2.37. The van der Waals surface area contributed by atoms with Crippen molar-refractivity contribution < 1.29 is 19.0 Å². The molecule has 124 valence electrons. The Bertz CT molecular complexity index is 438. The van der Waals surface area contributed by atoms with Crippen molar-refractivity contribution in [2.75, 3.05) is 11.5 Å². The van der Waals surface area contributed by atoms with Crippen molar-refractivity contribution >= 4 is 28.6 Å². The first-order valence-electron chi connectivity index (χ1n) is 7.88. The van der Waals surface area contributed by atoms with E-state index in [1.54, 1.807) is 0 Å². The molecular weight excluding hydrogens is 397 g/mol. The molecule has 3 unspecified atom stereocenters. The van der Waals surface area contributed by atoms with Crippen LogP contribution in [0, 0.1) is 17.2 Å². The number of hydrogen-bond donors (Lipinski definition) is 0. The van der Waals surface area contributed by atoms with E-state index >= 15 is 0 Å². The molecule has 0 amide bonds. The Morgan fingerprint density at radius 2 is 2.27 bits per heavy atom. The van der Waals surface area contributed by atoms with E-state index in [2.05, 4.69) is 28.7 Å². The van der Waals surface area contributed by atoms with E-state index < -0.39 is 0 Å². The molecule has 5 nitrogen and oxygen atoms in total. The molecule has 0 radical (unpaired) electrons. The van der Waals surface area contributed by atoms with Crippen LogP contribution in [0.15, 0.2) is 0 Å². The van der Waals surface area contributed by atoms with E-state index in [4.69, 9.17) is 19.5 Å². The Morgan fingerprint density at radius 1 is 1.50 bits per heavy atom. The number of nitrogens with zero attached hydrogens (tertiary/aromatic N) is 1. The number of alkyl halides is 1. The number of esters is 1. The highest BCUT2D eigenvalue weighted by Crippen LogP contribution is 2.44. The number of methoxy groups -OCH3 is 1. The highest BCUT2D eigenvalue weighted by atomic mass is 127. The lowest BCUT2D eigenvalue weighted by Gasteiger charge is -2.41. The molecule has 0 aromatic rings. The molecule has 2 heterocycles. The second-order valence-corrected chi connectivity index (χ2v) is 7.11. The molecule has 2 aliphatic heterocycles. The van der Waals surface area contributed by atoms with Crippen LogP contribution in [0.3, 0.4) is 0 Å². The highest BCUT2D eigenvalue weighted by molar-refractivity contribution is 14.1. The smallest absolute Gasteiger partial charge is 0.305 e. The number of hydrogen-bond acceptors (Lipinski definition) is 5. The molecule has 0 aromatic heterocycles. The lowest BCUT2D eigenvalue weighted by Crippen LogP contribution is -2.50. The Kier molecular flexibility index (Phi) is 6.47. The lowest BCUT2D eigenvalue weighted by atomic mass is 9.86. The van der Waals surface area contributed by atoms with Crippen LogP contribution in [0.1, 0.15) is 45.4 Å². The second kappa shape index (κ2) is 7.93. The third kappa shape index (κ3) is 4.12. The van der Waals surface area contributed by atoms with Gasteiger partial charge in [0.25, 0.3) is 0 Å². The number of ether oxygens (including phenoxy) is 3. The zero-order valence-corrected chi connectivity index (χ0v) is 15.4. The van der Waals surface area contributed by atoms with E-state index in [9.17, 15) is 4.79 Å². The van der Waals surface area contributed by atoms with Gasteiger partial charge in [0.05, 0.1) is 31.5 Å². The largest absolute Gasteiger partial charge is 0.469 e. The van der Waals surface area contributed by atoms with E-state index in [0.717, 1.165) is 30.1 Å². The lowest BCUT2D eigenvalue weighted by molar-refractivity contribution is -0.155. The fourth-order valence-corrected chi connectivity index (χ4v) is 4.42. The summed E-state index contributed by atoms with van der Waals surface area (Å²) in [6.45, 7) is 1.94. The second-order valence-electron chi connectivity index (χ2n) is 6.35. The van der Waals surface area contributed by atoms with Crippen molar-refractivity contribution in [2.24, 2.45) is 5.92 Å². The minimum absolute atomic E-state index is 0.0188. The van der Waals surface area contributed by atoms with Crippen LogP contribution in [-0.2, 0) is 19.0 Å². The van der Waals surface area contributed by atoms with Gasteiger partial charge in [-0.05, 0) is 32.6 Å². The number of fused-ring (bicyclic) bond motifs is 1. The Balaban J connectivity index is 1.94. The van der Waals surface area contributed by atoms with E-state index in [0.29, 0.717) is 12.8 Å². The molecule has 2 saturated heterocycles. The molecule has 5 atom stereocenters.